The highest BCUT2D eigenvalue weighted by atomic mass is 32.2. The van der Waals surface area contributed by atoms with Crippen molar-refractivity contribution >= 4 is 21.9 Å². The van der Waals surface area contributed by atoms with Crippen LogP contribution >= 0.6 is 0 Å². The fourth-order valence-electron chi connectivity index (χ4n) is 2.78. The number of nitrogens with one attached hydrogen (secondary N) is 1. The van der Waals surface area contributed by atoms with Crippen LogP contribution in [0.1, 0.15) is 19.4 Å². The Morgan fingerprint density at radius 2 is 1.86 bits per heavy atom. The number of likely N-dealkylation sites (N-methyl/N-ethyl adjacent to an activating group) is 1. The number of ether oxygens (including phenoxy) is 2. The highest BCUT2D eigenvalue weighted by molar-refractivity contribution is 7.89. The first-order valence-corrected chi connectivity index (χ1v) is 11.0. The van der Waals surface area contributed by atoms with Gasteiger partial charge in [-0.25, -0.2) is 8.42 Å². The van der Waals surface area contributed by atoms with Crippen molar-refractivity contribution in [1.82, 2.24) is 14.5 Å². The first kappa shape index (κ1) is 23.3. The highest BCUT2D eigenvalue weighted by Gasteiger charge is 2.26. The van der Waals surface area contributed by atoms with Crippen molar-refractivity contribution in [3.63, 3.8) is 0 Å². The lowest BCUT2D eigenvalue weighted by Crippen LogP contribution is -2.43. The van der Waals surface area contributed by atoms with Crippen LogP contribution in [0.25, 0.3) is 0 Å². The van der Waals surface area contributed by atoms with E-state index < -0.39 is 16.1 Å². The summed E-state index contributed by atoms with van der Waals surface area (Å²) in [6, 6.07) is 5.92. The molecule has 1 N–H and O–H groups in total. The van der Waals surface area contributed by atoms with Crippen LogP contribution in [0.4, 0.5) is 0 Å². The minimum atomic E-state index is -3.53. The second-order valence-electron chi connectivity index (χ2n) is 6.78. The molecule has 1 saturated heterocycles. The summed E-state index contributed by atoms with van der Waals surface area (Å²) in [7, 11) is -1.86. The molecule has 1 amide bonds. The Morgan fingerprint density at radius 3 is 2.45 bits per heavy atom. The Balaban J connectivity index is 1.86. The Kier molecular flexibility index (Phi) is 8.57. The number of nitrogens with zero attached hydrogens (tertiary/aromatic N) is 2. The number of benzene rings is 1. The lowest BCUT2D eigenvalue weighted by Gasteiger charge is -2.26. The lowest BCUT2D eigenvalue weighted by molar-refractivity contribution is -0.148. The number of morpholine rings is 1. The van der Waals surface area contributed by atoms with Crippen LogP contribution in [-0.2, 0) is 35.6 Å². The van der Waals surface area contributed by atoms with E-state index in [-0.39, 0.29) is 29.9 Å². The molecule has 29 heavy (non-hydrogen) atoms. The van der Waals surface area contributed by atoms with Crippen LogP contribution in [0.15, 0.2) is 29.2 Å². The molecule has 0 aliphatic carbocycles. The summed E-state index contributed by atoms with van der Waals surface area (Å²) in [6.45, 7) is 5.49. The lowest BCUT2D eigenvalue weighted by atomic mass is 10.2. The van der Waals surface area contributed by atoms with Gasteiger partial charge in [-0.2, -0.15) is 4.31 Å². The number of esters is 1. The third-order valence-electron chi connectivity index (χ3n) is 4.70. The van der Waals surface area contributed by atoms with Crippen LogP contribution < -0.4 is 5.32 Å². The zero-order valence-corrected chi connectivity index (χ0v) is 17.9. The third-order valence-corrected chi connectivity index (χ3v) is 6.62. The van der Waals surface area contributed by atoms with Crippen molar-refractivity contribution in [3.05, 3.63) is 29.8 Å². The van der Waals surface area contributed by atoms with Crippen LogP contribution in [0.3, 0.4) is 0 Å². The van der Waals surface area contributed by atoms with Gasteiger partial charge in [0.25, 0.3) is 0 Å². The van der Waals surface area contributed by atoms with Gasteiger partial charge < -0.3 is 14.8 Å². The molecule has 0 radical (unpaired) electrons. The summed E-state index contributed by atoms with van der Waals surface area (Å²) in [6.07, 6.45) is 0. The predicted octanol–water partition coefficient (Wildman–Crippen LogP) is 0.207. The molecule has 10 heteroatoms. The van der Waals surface area contributed by atoms with E-state index in [0.717, 1.165) is 5.56 Å². The Morgan fingerprint density at radius 1 is 1.24 bits per heavy atom. The van der Waals surface area contributed by atoms with Crippen LogP contribution in [-0.4, -0.2) is 82.0 Å². The third kappa shape index (κ3) is 6.49. The summed E-state index contributed by atoms with van der Waals surface area (Å²) in [5.74, 6) is -0.617. The van der Waals surface area contributed by atoms with Crippen molar-refractivity contribution in [2.24, 2.45) is 0 Å². The number of rotatable bonds is 9. The second kappa shape index (κ2) is 10.7. The monoisotopic (exact) mass is 427 g/mol. The van der Waals surface area contributed by atoms with Crippen molar-refractivity contribution in [1.29, 1.82) is 0 Å². The summed E-state index contributed by atoms with van der Waals surface area (Å²) in [5, 5.41) is 2.77. The summed E-state index contributed by atoms with van der Waals surface area (Å²) in [4.78, 5) is 25.7. The number of hydrogen-bond donors (Lipinski definition) is 1. The Labute approximate surface area is 172 Å². The van der Waals surface area contributed by atoms with Crippen molar-refractivity contribution in [2.75, 3.05) is 46.5 Å². The van der Waals surface area contributed by atoms with Gasteiger partial charge in [-0.3, -0.25) is 14.5 Å². The summed E-state index contributed by atoms with van der Waals surface area (Å²) in [5.41, 5.74) is 0.778. The molecule has 162 valence electrons. The first-order valence-electron chi connectivity index (χ1n) is 9.56. The van der Waals surface area contributed by atoms with Crippen LogP contribution in [0.5, 0.6) is 0 Å². The van der Waals surface area contributed by atoms with Gasteiger partial charge in [0.1, 0.15) is 6.04 Å². The van der Waals surface area contributed by atoms with Gasteiger partial charge in [0.05, 0.1) is 31.3 Å². The molecule has 1 aliphatic heterocycles. The fourth-order valence-corrected chi connectivity index (χ4v) is 4.19. The smallest absolute Gasteiger partial charge is 0.323 e. The maximum Gasteiger partial charge on any atom is 0.323 e. The van der Waals surface area contributed by atoms with E-state index >= 15 is 0 Å². The molecule has 1 unspecified atom stereocenters. The average molecular weight is 428 g/mol. The molecule has 1 atom stereocenters. The van der Waals surface area contributed by atoms with Gasteiger partial charge in [-0.05, 0) is 38.6 Å². The topological polar surface area (TPSA) is 105 Å². The first-order chi connectivity index (χ1) is 13.8. The largest absolute Gasteiger partial charge is 0.465 e. The minimum Gasteiger partial charge on any atom is -0.465 e. The van der Waals surface area contributed by atoms with E-state index in [1.165, 1.54) is 4.31 Å². The zero-order chi connectivity index (χ0) is 21.4. The maximum absolute atomic E-state index is 12.6. The Bertz CT molecular complexity index is 791. The fraction of sp³-hybridized carbons (Fsp3) is 0.579. The molecule has 2 rings (SSSR count). The van der Waals surface area contributed by atoms with Gasteiger partial charge in [0, 0.05) is 19.6 Å². The van der Waals surface area contributed by atoms with Crippen LogP contribution in [0.2, 0.25) is 0 Å². The number of sulfonamides is 1. The molecule has 1 aliphatic rings. The van der Waals surface area contributed by atoms with E-state index in [1.54, 1.807) is 50.1 Å². The van der Waals surface area contributed by atoms with E-state index in [0.29, 0.717) is 32.9 Å². The molecule has 0 spiro atoms. The van der Waals surface area contributed by atoms with Gasteiger partial charge in [-0.15, -0.1) is 0 Å². The molecule has 0 aromatic heterocycles. The minimum absolute atomic E-state index is 0.0451. The average Bonchev–Trinajstić information content (AvgIpc) is 2.72. The van der Waals surface area contributed by atoms with Crippen LogP contribution in [0, 0.1) is 0 Å². The molecule has 1 heterocycles. The van der Waals surface area contributed by atoms with Crippen molar-refractivity contribution in [2.45, 2.75) is 31.3 Å². The molecule has 1 aromatic carbocycles. The molecular formula is C19H29N3O6S. The summed E-state index contributed by atoms with van der Waals surface area (Å²) >= 11 is 0. The SMILES string of the molecule is CCOC(=O)C(C)N(C)CC(=O)NCc1ccc(S(=O)(=O)N2CCOCC2)cc1. The molecular weight excluding hydrogens is 398 g/mol. The number of hydrogen-bond acceptors (Lipinski definition) is 7. The number of carbonyl (C=O) groups is 2. The summed E-state index contributed by atoms with van der Waals surface area (Å²) < 4.78 is 36.8. The number of carbonyl (C=O) groups excluding carboxylic acids is 2. The van der Waals surface area contributed by atoms with E-state index in [9.17, 15) is 18.0 Å². The van der Waals surface area contributed by atoms with E-state index in [1.807, 2.05) is 0 Å². The van der Waals surface area contributed by atoms with Gasteiger partial charge in [-0.1, -0.05) is 12.1 Å². The van der Waals surface area contributed by atoms with Gasteiger partial charge in [0.2, 0.25) is 15.9 Å². The molecule has 0 bridgehead atoms. The Hall–Kier alpha value is -2.01. The number of amides is 1. The highest BCUT2D eigenvalue weighted by Crippen LogP contribution is 2.17. The zero-order valence-electron chi connectivity index (χ0n) is 17.1. The standard InChI is InChI=1S/C19H29N3O6S/c1-4-28-19(24)15(2)21(3)14-18(23)20-13-16-5-7-17(8-6-16)29(25,26)22-9-11-27-12-10-22/h5-8,15H,4,9-14H2,1-3H3,(H,20,23). The molecule has 1 aromatic rings. The molecule has 1 fully saturated rings. The van der Waals surface area contributed by atoms with E-state index in [2.05, 4.69) is 5.32 Å². The second-order valence-corrected chi connectivity index (χ2v) is 8.72. The predicted molar refractivity (Wildman–Crippen MR) is 107 cm³/mol. The normalized spacial score (nSPS) is 16.4. The molecule has 0 saturated carbocycles. The van der Waals surface area contributed by atoms with Gasteiger partial charge in [0.15, 0.2) is 0 Å². The van der Waals surface area contributed by atoms with Gasteiger partial charge >= 0.3 is 5.97 Å². The maximum atomic E-state index is 12.6. The van der Waals surface area contributed by atoms with E-state index in [4.69, 9.17) is 9.47 Å². The van der Waals surface area contributed by atoms with Crippen molar-refractivity contribution < 1.29 is 27.5 Å². The van der Waals surface area contributed by atoms with Crippen molar-refractivity contribution in [3.8, 4) is 0 Å². The quantitative estimate of drug-likeness (QED) is 0.562. The molecule has 9 nitrogen and oxygen atoms in total.